The largest absolute Gasteiger partial charge is 0.481 e. The summed E-state index contributed by atoms with van der Waals surface area (Å²) in [5, 5.41) is 2.87. The molecule has 3 nitrogen and oxygen atoms in total. The summed E-state index contributed by atoms with van der Waals surface area (Å²) >= 11 is 2.21. The molecular weight excluding hydrogens is 365 g/mol. The minimum atomic E-state index is -0.517. The van der Waals surface area contributed by atoms with Gasteiger partial charge in [-0.1, -0.05) is 36.4 Å². The average molecular weight is 381 g/mol. The number of carbonyl (C=O) groups excluding carboxylic acids is 1. The maximum atomic E-state index is 12.0. The molecule has 0 radical (unpaired) electrons. The number of amides is 1. The molecule has 104 valence electrons. The maximum absolute atomic E-state index is 12.0. The van der Waals surface area contributed by atoms with E-state index in [1.165, 1.54) is 0 Å². The van der Waals surface area contributed by atoms with Crippen molar-refractivity contribution in [2.24, 2.45) is 0 Å². The SMILES string of the molecule is C[C@@H](Oc1cccc(I)c1)C(=O)NCc1ccccc1. The van der Waals surface area contributed by atoms with Gasteiger partial charge in [0.05, 0.1) is 0 Å². The Labute approximate surface area is 132 Å². The molecule has 1 amide bonds. The zero-order chi connectivity index (χ0) is 14.4. The molecule has 2 aromatic carbocycles. The summed E-state index contributed by atoms with van der Waals surface area (Å²) in [6, 6.07) is 17.5. The Bertz CT molecular complexity index is 572. The average Bonchev–Trinajstić information content (AvgIpc) is 2.46. The molecule has 0 bridgehead atoms. The first-order chi connectivity index (χ1) is 9.65. The van der Waals surface area contributed by atoms with Crippen LogP contribution >= 0.6 is 22.6 Å². The molecule has 2 rings (SSSR count). The zero-order valence-corrected chi connectivity index (χ0v) is 13.3. The van der Waals surface area contributed by atoms with Crippen LogP contribution in [0.25, 0.3) is 0 Å². The molecule has 0 saturated carbocycles. The normalized spacial score (nSPS) is 11.7. The Kier molecular flexibility index (Phi) is 5.40. The van der Waals surface area contributed by atoms with Crippen molar-refractivity contribution >= 4 is 28.5 Å². The van der Waals surface area contributed by atoms with Gasteiger partial charge in [0.25, 0.3) is 5.91 Å². The van der Waals surface area contributed by atoms with Gasteiger partial charge in [-0.25, -0.2) is 0 Å². The van der Waals surface area contributed by atoms with Gasteiger partial charge in [0, 0.05) is 10.1 Å². The smallest absolute Gasteiger partial charge is 0.261 e. The van der Waals surface area contributed by atoms with Crippen molar-refractivity contribution < 1.29 is 9.53 Å². The quantitative estimate of drug-likeness (QED) is 0.807. The van der Waals surface area contributed by atoms with Gasteiger partial charge in [0.15, 0.2) is 6.10 Å². The number of hydrogen-bond acceptors (Lipinski definition) is 2. The molecule has 1 atom stereocenters. The lowest BCUT2D eigenvalue weighted by molar-refractivity contribution is -0.127. The molecule has 0 aliphatic carbocycles. The van der Waals surface area contributed by atoms with Crippen molar-refractivity contribution in [2.45, 2.75) is 19.6 Å². The van der Waals surface area contributed by atoms with Gasteiger partial charge in [0.1, 0.15) is 5.75 Å². The molecule has 0 heterocycles. The summed E-state index contributed by atoms with van der Waals surface area (Å²) in [6.45, 7) is 2.26. The number of rotatable bonds is 5. The van der Waals surface area contributed by atoms with Gasteiger partial charge in [-0.05, 0) is 53.3 Å². The zero-order valence-electron chi connectivity index (χ0n) is 11.2. The first-order valence-corrected chi connectivity index (χ1v) is 7.47. The highest BCUT2D eigenvalue weighted by molar-refractivity contribution is 14.1. The molecule has 20 heavy (non-hydrogen) atoms. The number of hydrogen-bond donors (Lipinski definition) is 1. The molecule has 2 aromatic rings. The van der Waals surface area contributed by atoms with Crippen molar-refractivity contribution in [2.75, 3.05) is 0 Å². The summed E-state index contributed by atoms with van der Waals surface area (Å²) < 4.78 is 6.71. The number of halogens is 1. The van der Waals surface area contributed by atoms with E-state index in [-0.39, 0.29) is 5.91 Å². The Hall–Kier alpha value is -1.56. The molecule has 0 aliphatic heterocycles. The fourth-order valence-corrected chi connectivity index (χ4v) is 2.24. The van der Waals surface area contributed by atoms with Crippen LogP contribution in [0.5, 0.6) is 5.75 Å². The lowest BCUT2D eigenvalue weighted by Crippen LogP contribution is -2.35. The summed E-state index contributed by atoms with van der Waals surface area (Å²) in [7, 11) is 0. The Balaban J connectivity index is 1.86. The van der Waals surface area contributed by atoms with E-state index < -0.39 is 6.10 Å². The number of benzene rings is 2. The molecule has 4 heteroatoms. The number of nitrogens with one attached hydrogen (secondary N) is 1. The highest BCUT2D eigenvalue weighted by atomic mass is 127. The number of ether oxygens (including phenoxy) is 1. The highest BCUT2D eigenvalue weighted by Crippen LogP contribution is 2.16. The van der Waals surface area contributed by atoms with Crippen LogP contribution in [-0.4, -0.2) is 12.0 Å². The van der Waals surface area contributed by atoms with Crippen molar-refractivity contribution in [3.05, 3.63) is 63.7 Å². The highest BCUT2D eigenvalue weighted by Gasteiger charge is 2.14. The van der Waals surface area contributed by atoms with Crippen LogP contribution in [0, 0.1) is 3.57 Å². The van der Waals surface area contributed by atoms with Crippen LogP contribution in [0.2, 0.25) is 0 Å². The maximum Gasteiger partial charge on any atom is 0.261 e. The van der Waals surface area contributed by atoms with Crippen molar-refractivity contribution in [1.82, 2.24) is 5.32 Å². The fraction of sp³-hybridized carbons (Fsp3) is 0.188. The molecule has 1 N–H and O–H groups in total. The fourth-order valence-electron chi connectivity index (χ4n) is 1.73. The lowest BCUT2D eigenvalue weighted by Gasteiger charge is -2.15. The van der Waals surface area contributed by atoms with Gasteiger partial charge in [0.2, 0.25) is 0 Å². The monoisotopic (exact) mass is 381 g/mol. The van der Waals surface area contributed by atoms with Gasteiger partial charge < -0.3 is 10.1 Å². The predicted molar refractivity (Wildman–Crippen MR) is 87.5 cm³/mol. The summed E-state index contributed by atoms with van der Waals surface area (Å²) in [4.78, 5) is 12.0. The van der Waals surface area contributed by atoms with Gasteiger partial charge in [-0.2, -0.15) is 0 Å². The molecule has 0 aliphatic rings. The van der Waals surface area contributed by atoms with Crippen LogP contribution in [0.15, 0.2) is 54.6 Å². The Morgan fingerprint density at radius 1 is 1.20 bits per heavy atom. The summed E-state index contributed by atoms with van der Waals surface area (Å²) in [5.74, 6) is 0.590. The predicted octanol–water partition coefficient (Wildman–Crippen LogP) is 3.37. The van der Waals surface area contributed by atoms with E-state index in [1.807, 2.05) is 54.6 Å². The Morgan fingerprint density at radius 2 is 1.95 bits per heavy atom. The van der Waals surface area contributed by atoms with Crippen LogP contribution in [-0.2, 0) is 11.3 Å². The van der Waals surface area contributed by atoms with Crippen LogP contribution in [0.4, 0.5) is 0 Å². The van der Waals surface area contributed by atoms with Crippen LogP contribution in [0.3, 0.4) is 0 Å². The van der Waals surface area contributed by atoms with E-state index in [9.17, 15) is 4.79 Å². The Morgan fingerprint density at radius 3 is 2.65 bits per heavy atom. The second-order valence-electron chi connectivity index (χ2n) is 4.42. The first-order valence-electron chi connectivity index (χ1n) is 6.39. The van der Waals surface area contributed by atoms with Crippen molar-refractivity contribution in [3.8, 4) is 5.75 Å². The third kappa shape index (κ3) is 4.52. The van der Waals surface area contributed by atoms with E-state index in [0.717, 1.165) is 9.13 Å². The third-order valence-electron chi connectivity index (χ3n) is 2.79. The summed E-state index contributed by atoms with van der Waals surface area (Å²) in [6.07, 6.45) is -0.517. The van der Waals surface area contributed by atoms with Gasteiger partial charge in [-0.3, -0.25) is 4.79 Å². The molecular formula is C16H16INO2. The van der Waals surface area contributed by atoms with E-state index in [4.69, 9.17) is 4.74 Å². The van der Waals surface area contributed by atoms with Gasteiger partial charge >= 0.3 is 0 Å². The second kappa shape index (κ2) is 7.28. The van der Waals surface area contributed by atoms with E-state index in [1.54, 1.807) is 6.92 Å². The van der Waals surface area contributed by atoms with E-state index >= 15 is 0 Å². The minimum absolute atomic E-state index is 0.118. The first kappa shape index (κ1) is 14.8. The van der Waals surface area contributed by atoms with Crippen molar-refractivity contribution in [1.29, 1.82) is 0 Å². The van der Waals surface area contributed by atoms with Crippen LogP contribution < -0.4 is 10.1 Å². The molecule has 0 aromatic heterocycles. The molecule has 0 unspecified atom stereocenters. The lowest BCUT2D eigenvalue weighted by atomic mass is 10.2. The standard InChI is InChI=1S/C16H16INO2/c1-12(20-15-9-5-8-14(17)10-15)16(19)18-11-13-6-3-2-4-7-13/h2-10,12H,11H2,1H3,(H,18,19)/t12-/m1/s1. The van der Waals surface area contributed by atoms with Gasteiger partial charge in [-0.15, -0.1) is 0 Å². The van der Waals surface area contributed by atoms with Crippen LogP contribution in [0.1, 0.15) is 12.5 Å². The second-order valence-corrected chi connectivity index (χ2v) is 5.67. The summed E-state index contributed by atoms with van der Waals surface area (Å²) in [5.41, 5.74) is 1.07. The van der Waals surface area contributed by atoms with Crippen molar-refractivity contribution in [3.63, 3.8) is 0 Å². The van der Waals surface area contributed by atoms with E-state index in [0.29, 0.717) is 12.3 Å². The molecule has 0 spiro atoms. The van der Waals surface area contributed by atoms with E-state index in [2.05, 4.69) is 27.9 Å². The minimum Gasteiger partial charge on any atom is -0.481 e. The molecule has 0 fully saturated rings. The number of carbonyl (C=O) groups is 1. The molecule has 0 saturated heterocycles. The third-order valence-corrected chi connectivity index (χ3v) is 3.46. The topological polar surface area (TPSA) is 38.3 Å².